The van der Waals surface area contributed by atoms with Crippen molar-refractivity contribution in [2.45, 2.75) is 11.8 Å². The van der Waals surface area contributed by atoms with Gasteiger partial charge in [-0.2, -0.15) is 0 Å². The molecule has 1 aromatic heterocycles. The maximum Gasteiger partial charge on any atom is 0.325 e. The van der Waals surface area contributed by atoms with Gasteiger partial charge in [-0.15, -0.1) is 0 Å². The zero-order valence-electron chi connectivity index (χ0n) is 20.9. The molecule has 0 spiro atoms. The number of aromatic nitrogens is 2. The number of halogens is 1. The lowest BCUT2D eigenvalue weighted by atomic mass is 10.2. The van der Waals surface area contributed by atoms with E-state index in [1.807, 2.05) is 0 Å². The largest absolute Gasteiger partial charge is 0.497 e. The lowest BCUT2D eigenvalue weighted by Gasteiger charge is -2.15. The third-order valence-electron chi connectivity index (χ3n) is 5.33. The third-order valence-corrected chi connectivity index (χ3v) is 7.00. The van der Waals surface area contributed by atoms with E-state index in [1.54, 1.807) is 49.4 Å². The van der Waals surface area contributed by atoms with Gasteiger partial charge in [-0.3, -0.25) is 14.3 Å². The van der Waals surface area contributed by atoms with Crippen LogP contribution in [0, 0.1) is 0 Å². The number of hydrogen-bond donors (Lipinski definition) is 3. The molecule has 0 atom stereocenters. The number of methoxy groups -OCH3 is 1. The number of sulfonamides is 1. The standard InChI is InChI=1S/C26H24ClN5O6S/c1-3-38-23(33)15-28-26(34)16-7-6-8-18(13-16)39(35,36)32-25-24(29-20-9-4-5-10-21(20)30-25)31-22-14-17(37-2)11-12-19(22)27/h4-14H,3,15H2,1-2H3,(H,28,34)(H,29,31)(H,30,32). The summed E-state index contributed by atoms with van der Waals surface area (Å²) in [5.74, 6) is -0.723. The van der Waals surface area contributed by atoms with E-state index in [9.17, 15) is 18.0 Å². The number of anilines is 3. The number of amides is 1. The third kappa shape index (κ3) is 6.72. The van der Waals surface area contributed by atoms with Crippen LogP contribution in [-0.2, 0) is 19.6 Å². The van der Waals surface area contributed by atoms with Crippen molar-refractivity contribution in [2.75, 3.05) is 30.3 Å². The van der Waals surface area contributed by atoms with E-state index in [1.165, 1.54) is 31.4 Å². The molecule has 11 nitrogen and oxygen atoms in total. The Morgan fingerprint density at radius 2 is 1.67 bits per heavy atom. The van der Waals surface area contributed by atoms with Gasteiger partial charge in [0.1, 0.15) is 12.3 Å². The van der Waals surface area contributed by atoms with Crippen LogP contribution >= 0.6 is 11.6 Å². The Morgan fingerprint density at radius 3 is 2.36 bits per heavy atom. The molecule has 0 radical (unpaired) electrons. The van der Waals surface area contributed by atoms with Gasteiger partial charge in [0.25, 0.3) is 15.9 Å². The molecule has 3 aromatic carbocycles. The minimum absolute atomic E-state index is 0.0354. The monoisotopic (exact) mass is 569 g/mol. The number of hydrogen-bond acceptors (Lipinski definition) is 9. The van der Waals surface area contributed by atoms with Crippen molar-refractivity contribution in [2.24, 2.45) is 0 Å². The lowest BCUT2D eigenvalue weighted by molar-refractivity contribution is -0.141. The van der Waals surface area contributed by atoms with Gasteiger partial charge in [0.2, 0.25) is 0 Å². The Kier molecular flexibility index (Phi) is 8.47. The first-order valence-electron chi connectivity index (χ1n) is 11.6. The molecular formula is C26H24ClN5O6S. The molecule has 1 heterocycles. The first-order chi connectivity index (χ1) is 18.7. The van der Waals surface area contributed by atoms with Gasteiger partial charge in [0.15, 0.2) is 11.6 Å². The number of fused-ring (bicyclic) bond motifs is 1. The van der Waals surface area contributed by atoms with Crippen LogP contribution in [0.3, 0.4) is 0 Å². The number of benzene rings is 3. The van der Waals surface area contributed by atoms with Crippen molar-refractivity contribution >= 4 is 61.9 Å². The number of ether oxygens (including phenoxy) is 2. The number of carbonyl (C=O) groups excluding carboxylic acids is 2. The fraction of sp³-hybridized carbons (Fsp3) is 0.154. The molecule has 0 saturated carbocycles. The molecule has 0 saturated heterocycles. The SMILES string of the molecule is CCOC(=O)CNC(=O)c1cccc(S(=O)(=O)Nc2nc3ccccc3nc2Nc2cc(OC)ccc2Cl)c1. The van der Waals surface area contributed by atoms with Crippen molar-refractivity contribution in [3.8, 4) is 5.75 Å². The highest BCUT2D eigenvalue weighted by Crippen LogP contribution is 2.32. The highest BCUT2D eigenvalue weighted by molar-refractivity contribution is 7.92. The van der Waals surface area contributed by atoms with Gasteiger partial charge >= 0.3 is 5.97 Å². The number of para-hydroxylation sites is 2. The van der Waals surface area contributed by atoms with Crippen molar-refractivity contribution < 1.29 is 27.5 Å². The maximum atomic E-state index is 13.4. The summed E-state index contributed by atoms with van der Waals surface area (Å²) in [5, 5.41) is 5.78. The second-order valence-electron chi connectivity index (χ2n) is 8.00. The number of nitrogens with one attached hydrogen (secondary N) is 3. The van der Waals surface area contributed by atoms with Crippen molar-refractivity contribution in [3.63, 3.8) is 0 Å². The molecule has 0 bridgehead atoms. The highest BCUT2D eigenvalue weighted by atomic mass is 35.5. The summed E-state index contributed by atoms with van der Waals surface area (Å²) >= 11 is 6.34. The average molecular weight is 570 g/mol. The second kappa shape index (κ2) is 12.0. The van der Waals surface area contributed by atoms with Gasteiger partial charge in [-0.05, 0) is 49.4 Å². The topological polar surface area (TPSA) is 149 Å². The van der Waals surface area contributed by atoms with Crippen LogP contribution in [0.4, 0.5) is 17.3 Å². The van der Waals surface area contributed by atoms with Gasteiger partial charge in [0, 0.05) is 11.6 Å². The number of rotatable bonds is 10. The van der Waals surface area contributed by atoms with Crippen LogP contribution in [0.5, 0.6) is 5.75 Å². The van der Waals surface area contributed by atoms with Gasteiger partial charge in [-0.25, -0.2) is 18.4 Å². The fourth-order valence-corrected chi connectivity index (χ4v) is 4.69. The Bertz CT molecular complexity index is 1650. The van der Waals surface area contributed by atoms with Crippen LogP contribution < -0.4 is 20.1 Å². The molecule has 0 fully saturated rings. The second-order valence-corrected chi connectivity index (χ2v) is 10.1. The van der Waals surface area contributed by atoms with Crippen LogP contribution in [0.15, 0.2) is 71.6 Å². The van der Waals surface area contributed by atoms with E-state index < -0.39 is 21.9 Å². The summed E-state index contributed by atoms with van der Waals surface area (Å²) in [6, 6.07) is 17.2. The Hall–Kier alpha value is -4.42. The highest BCUT2D eigenvalue weighted by Gasteiger charge is 2.21. The van der Waals surface area contributed by atoms with Crippen molar-refractivity contribution in [3.05, 3.63) is 77.3 Å². The zero-order chi connectivity index (χ0) is 28.0. The summed E-state index contributed by atoms with van der Waals surface area (Å²) in [6.07, 6.45) is 0. The molecular weight excluding hydrogens is 546 g/mol. The minimum atomic E-state index is -4.24. The number of esters is 1. The molecule has 39 heavy (non-hydrogen) atoms. The summed E-state index contributed by atoms with van der Waals surface area (Å²) in [5.41, 5.74) is 1.42. The zero-order valence-corrected chi connectivity index (χ0v) is 22.5. The Morgan fingerprint density at radius 1 is 0.949 bits per heavy atom. The first-order valence-corrected chi connectivity index (χ1v) is 13.5. The first kappa shape index (κ1) is 27.6. The molecule has 13 heteroatoms. The lowest BCUT2D eigenvalue weighted by Crippen LogP contribution is -2.30. The normalized spacial score (nSPS) is 11.1. The van der Waals surface area contributed by atoms with Crippen molar-refractivity contribution in [1.82, 2.24) is 15.3 Å². The quantitative estimate of drug-likeness (QED) is 0.240. The summed E-state index contributed by atoms with van der Waals surface area (Å²) in [6.45, 7) is 1.47. The van der Waals surface area contributed by atoms with Crippen LogP contribution in [0.25, 0.3) is 11.0 Å². The summed E-state index contributed by atoms with van der Waals surface area (Å²) in [4.78, 5) is 32.8. The summed E-state index contributed by atoms with van der Waals surface area (Å²) in [7, 11) is -2.73. The molecule has 4 aromatic rings. The van der Waals surface area contributed by atoms with Crippen LogP contribution in [0.1, 0.15) is 17.3 Å². The Labute approximate surface area is 229 Å². The maximum absolute atomic E-state index is 13.4. The molecule has 0 aliphatic heterocycles. The molecule has 202 valence electrons. The summed E-state index contributed by atoms with van der Waals surface area (Å²) < 4.78 is 39.2. The van der Waals surface area contributed by atoms with E-state index in [0.29, 0.717) is 27.5 Å². The molecule has 0 aliphatic carbocycles. The van der Waals surface area contributed by atoms with E-state index in [-0.39, 0.29) is 35.2 Å². The average Bonchev–Trinajstić information content (AvgIpc) is 2.93. The molecule has 1 amide bonds. The Balaban J connectivity index is 1.66. The predicted molar refractivity (Wildman–Crippen MR) is 147 cm³/mol. The molecule has 0 aliphatic rings. The van der Waals surface area contributed by atoms with Gasteiger partial charge in [0.05, 0.1) is 40.4 Å². The van der Waals surface area contributed by atoms with E-state index in [4.69, 9.17) is 21.1 Å². The van der Waals surface area contributed by atoms with Crippen LogP contribution in [0.2, 0.25) is 5.02 Å². The molecule has 4 rings (SSSR count). The van der Waals surface area contributed by atoms with Gasteiger partial charge < -0.3 is 20.1 Å². The van der Waals surface area contributed by atoms with E-state index in [2.05, 4.69) is 25.3 Å². The fourth-order valence-electron chi connectivity index (χ4n) is 3.47. The van der Waals surface area contributed by atoms with Gasteiger partial charge in [-0.1, -0.05) is 29.8 Å². The van der Waals surface area contributed by atoms with E-state index in [0.717, 1.165) is 0 Å². The van der Waals surface area contributed by atoms with Crippen molar-refractivity contribution in [1.29, 1.82) is 0 Å². The number of carbonyl (C=O) groups is 2. The number of nitrogens with zero attached hydrogens (tertiary/aromatic N) is 2. The van der Waals surface area contributed by atoms with E-state index >= 15 is 0 Å². The smallest absolute Gasteiger partial charge is 0.325 e. The molecule has 3 N–H and O–H groups in total. The predicted octanol–water partition coefficient (Wildman–Crippen LogP) is 4.13. The minimum Gasteiger partial charge on any atom is -0.497 e. The van der Waals surface area contributed by atoms with Crippen LogP contribution in [-0.4, -0.2) is 50.5 Å². The molecule has 0 unspecified atom stereocenters.